The second-order valence-electron chi connectivity index (χ2n) is 4.01. The molecular weight excluding hydrogens is 285 g/mol. The molecule has 2 rings (SSSR count). The number of nitro benzene ring substituents is 1. The maximum absolute atomic E-state index is 13.5. The van der Waals surface area contributed by atoms with Crippen LogP contribution in [0.2, 0.25) is 0 Å². The summed E-state index contributed by atoms with van der Waals surface area (Å²) in [6.07, 6.45) is 1.16. The van der Waals surface area contributed by atoms with Crippen LogP contribution in [0.25, 0.3) is 10.8 Å². The van der Waals surface area contributed by atoms with Gasteiger partial charge in [-0.1, -0.05) is 0 Å². The number of nitrogens with zero attached hydrogens (tertiary/aromatic N) is 2. The van der Waals surface area contributed by atoms with Crippen molar-refractivity contribution in [2.75, 3.05) is 6.54 Å². The number of amides is 1. The number of nitrogens with one attached hydrogen (secondary N) is 1. The van der Waals surface area contributed by atoms with Crippen molar-refractivity contribution in [3.05, 3.63) is 46.0 Å². The molecule has 0 radical (unpaired) electrons. The predicted molar refractivity (Wildman–Crippen MR) is 68.3 cm³/mol. The molecule has 8 nitrogen and oxygen atoms in total. The van der Waals surface area contributed by atoms with Gasteiger partial charge in [0, 0.05) is 11.6 Å². The second-order valence-corrected chi connectivity index (χ2v) is 4.01. The third-order valence-electron chi connectivity index (χ3n) is 2.63. The molecule has 0 fully saturated rings. The number of pyridine rings is 1. The number of non-ortho nitro benzene ring substituents is 1. The van der Waals surface area contributed by atoms with E-state index in [0.29, 0.717) is 0 Å². The maximum atomic E-state index is 13.5. The summed E-state index contributed by atoms with van der Waals surface area (Å²) in [4.78, 5) is 36.1. The summed E-state index contributed by atoms with van der Waals surface area (Å²) in [5.41, 5.74) is -0.781. The van der Waals surface area contributed by atoms with Gasteiger partial charge in [-0.2, -0.15) is 0 Å². The zero-order valence-electron chi connectivity index (χ0n) is 10.4. The zero-order valence-corrected chi connectivity index (χ0v) is 10.4. The number of halogens is 1. The van der Waals surface area contributed by atoms with Crippen molar-refractivity contribution in [2.24, 2.45) is 0 Å². The van der Waals surface area contributed by atoms with Crippen LogP contribution in [0.1, 0.15) is 10.5 Å². The van der Waals surface area contributed by atoms with Crippen LogP contribution in [0.15, 0.2) is 24.4 Å². The number of carboxylic acids is 1. The standard InChI is InChI=1S/C12H8FN3O5/c13-6-3-8-7(9(4-6)16(20)21)1-2-14-11(8)12(19)15-5-10(17)18/h1-4H,5H2,(H,15,19)(H,17,18). The lowest BCUT2D eigenvalue weighted by Crippen LogP contribution is -2.30. The smallest absolute Gasteiger partial charge is 0.322 e. The number of carbonyl (C=O) groups excluding carboxylic acids is 1. The van der Waals surface area contributed by atoms with Crippen molar-refractivity contribution in [2.45, 2.75) is 0 Å². The highest BCUT2D eigenvalue weighted by Gasteiger charge is 2.20. The van der Waals surface area contributed by atoms with Crippen LogP contribution in [0.5, 0.6) is 0 Å². The molecule has 1 aromatic heterocycles. The summed E-state index contributed by atoms with van der Waals surface area (Å²) in [5.74, 6) is -3.02. The number of hydrogen-bond donors (Lipinski definition) is 2. The van der Waals surface area contributed by atoms with Gasteiger partial charge in [0.25, 0.3) is 11.6 Å². The van der Waals surface area contributed by atoms with Crippen molar-refractivity contribution in [1.29, 1.82) is 0 Å². The Morgan fingerprint density at radius 1 is 1.38 bits per heavy atom. The van der Waals surface area contributed by atoms with Gasteiger partial charge in [0.05, 0.1) is 16.4 Å². The van der Waals surface area contributed by atoms with Crippen molar-refractivity contribution < 1.29 is 24.0 Å². The predicted octanol–water partition coefficient (Wildman–Crippen LogP) is 1.10. The third kappa shape index (κ3) is 2.91. The van der Waals surface area contributed by atoms with Crippen LogP contribution in [0.3, 0.4) is 0 Å². The maximum Gasteiger partial charge on any atom is 0.322 e. The Morgan fingerprint density at radius 2 is 2.10 bits per heavy atom. The fourth-order valence-electron chi connectivity index (χ4n) is 1.80. The molecule has 0 aliphatic rings. The molecule has 1 amide bonds. The highest BCUT2D eigenvalue weighted by atomic mass is 19.1. The highest BCUT2D eigenvalue weighted by Crippen LogP contribution is 2.28. The van der Waals surface area contributed by atoms with Crippen molar-refractivity contribution in [3.63, 3.8) is 0 Å². The van der Waals surface area contributed by atoms with Gasteiger partial charge >= 0.3 is 5.97 Å². The highest BCUT2D eigenvalue weighted by molar-refractivity contribution is 6.07. The number of rotatable bonds is 4. The lowest BCUT2D eigenvalue weighted by Gasteiger charge is -2.06. The SMILES string of the molecule is O=C(O)CNC(=O)c1nccc2c([N+](=O)[O-])cc(F)cc12. The monoisotopic (exact) mass is 293 g/mol. The van der Waals surface area contributed by atoms with E-state index in [9.17, 15) is 24.1 Å². The second kappa shape index (κ2) is 5.49. The van der Waals surface area contributed by atoms with E-state index in [4.69, 9.17) is 5.11 Å². The Morgan fingerprint density at radius 3 is 2.71 bits per heavy atom. The normalized spacial score (nSPS) is 10.3. The van der Waals surface area contributed by atoms with E-state index in [2.05, 4.69) is 10.3 Å². The summed E-state index contributed by atoms with van der Waals surface area (Å²) < 4.78 is 13.5. The summed E-state index contributed by atoms with van der Waals surface area (Å²) >= 11 is 0. The number of aromatic nitrogens is 1. The van der Waals surface area contributed by atoms with E-state index in [1.54, 1.807) is 0 Å². The number of carbonyl (C=O) groups is 2. The minimum Gasteiger partial charge on any atom is -0.480 e. The fraction of sp³-hybridized carbons (Fsp3) is 0.0833. The molecule has 108 valence electrons. The Hall–Kier alpha value is -3.10. The topological polar surface area (TPSA) is 122 Å². The molecule has 0 saturated carbocycles. The fourth-order valence-corrected chi connectivity index (χ4v) is 1.80. The summed E-state index contributed by atoms with van der Waals surface area (Å²) in [6.45, 7) is -0.645. The lowest BCUT2D eigenvalue weighted by atomic mass is 10.1. The molecule has 0 atom stereocenters. The van der Waals surface area contributed by atoms with Crippen LogP contribution in [0, 0.1) is 15.9 Å². The number of carboxylic acid groups (broad SMARTS) is 1. The molecule has 1 heterocycles. The van der Waals surface area contributed by atoms with E-state index in [-0.39, 0.29) is 16.5 Å². The molecule has 0 aliphatic heterocycles. The van der Waals surface area contributed by atoms with E-state index in [1.165, 1.54) is 6.07 Å². The van der Waals surface area contributed by atoms with Crippen LogP contribution in [0.4, 0.5) is 10.1 Å². The molecule has 2 N–H and O–H groups in total. The summed E-state index contributed by atoms with van der Waals surface area (Å²) in [5, 5.41) is 21.4. The first-order valence-corrected chi connectivity index (χ1v) is 5.63. The first-order chi connectivity index (χ1) is 9.90. The quantitative estimate of drug-likeness (QED) is 0.642. The van der Waals surface area contributed by atoms with Crippen molar-refractivity contribution in [1.82, 2.24) is 10.3 Å². The molecule has 0 aliphatic carbocycles. The van der Waals surface area contributed by atoms with Gasteiger partial charge in [-0.05, 0) is 12.1 Å². The molecule has 9 heteroatoms. The van der Waals surface area contributed by atoms with Crippen LogP contribution in [-0.2, 0) is 4.79 Å². The zero-order chi connectivity index (χ0) is 15.6. The van der Waals surface area contributed by atoms with Gasteiger partial charge in [0.1, 0.15) is 18.1 Å². The largest absolute Gasteiger partial charge is 0.480 e. The summed E-state index contributed by atoms with van der Waals surface area (Å²) in [7, 11) is 0. The molecule has 0 spiro atoms. The van der Waals surface area contributed by atoms with E-state index < -0.39 is 34.8 Å². The van der Waals surface area contributed by atoms with Gasteiger partial charge in [0.2, 0.25) is 0 Å². The van der Waals surface area contributed by atoms with Crippen LogP contribution in [-0.4, -0.2) is 33.4 Å². The molecule has 0 bridgehead atoms. The van der Waals surface area contributed by atoms with E-state index in [1.807, 2.05) is 0 Å². The molecule has 1 aromatic carbocycles. The minimum absolute atomic E-state index is 0.0388. The van der Waals surface area contributed by atoms with E-state index in [0.717, 1.165) is 18.3 Å². The Bertz CT molecular complexity index is 762. The van der Waals surface area contributed by atoms with Gasteiger partial charge in [-0.15, -0.1) is 0 Å². The van der Waals surface area contributed by atoms with Gasteiger partial charge in [0.15, 0.2) is 0 Å². The third-order valence-corrected chi connectivity index (χ3v) is 2.63. The Kier molecular flexibility index (Phi) is 3.74. The lowest BCUT2D eigenvalue weighted by molar-refractivity contribution is -0.383. The number of hydrogen-bond acceptors (Lipinski definition) is 5. The summed E-state index contributed by atoms with van der Waals surface area (Å²) in [6, 6.07) is 2.95. The van der Waals surface area contributed by atoms with Gasteiger partial charge < -0.3 is 10.4 Å². The number of nitro groups is 1. The van der Waals surface area contributed by atoms with Crippen LogP contribution >= 0.6 is 0 Å². The number of fused-ring (bicyclic) bond motifs is 1. The molecule has 2 aromatic rings. The molecule has 0 unspecified atom stereocenters. The Labute approximate surface area is 116 Å². The van der Waals surface area contributed by atoms with Gasteiger partial charge in [-0.3, -0.25) is 24.7 Å². The van der Waals surface area contributed by atoms with Crippen molar-refractivity contribution in [3.8, 4) is 0 Å². The minimum atomic E-state index is -1.26. The number of benzene rings is 1. The molecule has 0 saturated heterocycles. The van der Waals surface area contributed by atoms with Crippen LogP contribution < -0.4 is 5.32 Å². The molecule has 21 heavy (non-hydrogen) atoms. The Balaban J connectivity index is 2.58. The first-order valence-electron chi connectivity index (χ1n) is 5.63. The average molecular weight is 293 g/mol. The first kappa shape index (κ1) is 14.3. The number of aliphatic carboxylic acids is 1. The van der Waals surface area contributed by atoms with E-state index >= 15 is 0 Å². The van der Waals surface area contributed by atoms with Crippen molar-refractivity contribution >= 4 is 28.3 Å². The van der Waals surface area contributed by atoms with Gasteiger partial charge in [-0.25, -0.2) is 4.39 Å². The average Bonchev–Trinajstić information content (AvgIpc) is 2.43. The molecular formula is C12H8FN3O5.